The normalized spacial score (nSPS) is 12.0. The van der Waals surface area contributed by atoms with E-state index in [1.807, 2.05) is 30.3 Å². The van der Waals surface area contributed by atoms with E-state index in [1.54, 1.807) is 42.5 Å². The third-order valence-electron chi connectivity index (χ3n) is 7.56. The summed E-state index contributed by atoms with van der Waals surface area (Å²) < 4.78 is 73.5. The van der Waals surface area contributed by atoms with Gasteiger partial charge in [0.25, 0.3) is 5.91 Å². The standard InChI is InChI=1S/C36H35ClN4O8S2/c1-47-34-20-19-33(21-35(34)48-2)51(45,46)41(24-28-11-7-4-8-12-28)26-36(42)39-38-22-30-15-16-31(49-30)25-40(23-27-9-5-3-6-10-27)50(43,44)32-17-13-29(37)14-18-32/h3-22H,23-26H2,1-2H3,(H,39,42)/b38-22-. The second kappa shape index (κ2) is 16.8. The number of amides is 1. The first-order chi connectivity index (χ1) is 24.5. The van der Waals surface area contributed by atoms with Crippen LogP contribution >= 0.6 is 11.6 Å². The van der Waals surface area contributed by atoms with Gasteiger partial charge >= 0.3 is 0 Å². The summed E-state index contributed by atoms with van der Waals surface area (Å²) >= 11 is 5.99. The highest BCUT2D eigenvalue weighted by atomic mass is 35.5. The number of halogens is 1. The molecule has 51 heavy (non-hydrogen) atoms. The average Bonchev–Trinajstić information content (AvgIpc) is 3.58. The van der Waals surface area contributed by atoms with Gasteiger partial charge in [-0.05, 0) is 59.7 Å². The minimum Gasteiger partial charge on any atom is -0.493 e. The lowest BCUT2D eigenvalue weighted by Gasteiger charge is -2.22. The number of carbonyl (C=O) groups excluding carboxylic acids is 1. The molecule has 0 atom stereocenters. The van der Waals surface area contributed by atoms with Gasteiger partial charge in [0.1, 0.15) is 11.5 Å². The van der Waals surface area contributed by atoms with E-state index >= 15 is 0 Å². The second-order valence-electron chi connectivity index (χ2n) is 11.1. The lowest BCUT2D eigenvalue weighted by atomic mass is 10.2. The van der Waals surface area contributed by atoms with Crippen LogP contribution in [0.3, 0.4) is 0 Å². The van der Waals surface area contributed by atoms with Crippen molar-refractivity contribution in [3.63, 3.8) is 0 Å². The highest BCUT2D eigenvalue weighted by Crippen LogP contribution is 2.31. The molecule has 1 heterocycles. The molecule has 0 bridgehead atoms. The van der Waals surface area contributed by atoms with Gasteiger partial charge < -0.3 is 13.9 Å². The van der Waals surface area contributed by atoms with Crippen LogP contribution in [0.4, 0.5) is 0 Å². The van der Waals surface area contributed by atoms with Crippen molar-refractivity contribution < 1.29 is 35.5 Å². The van der Waals surface area contributed by atoms with Gasteiger partial charge in [-0.3, -0.25) is 4.79 Å². The molecule has 0 aliphatic heterocycles. The Bertz CT molecular complexity index is 2180. The van der Waals surface area contributed by atoms with Crippen LogP contribution in [0, 0.1) is 0 Å². The number of carbonyl (C=O) groups is 1. The van der Waals surface area contributed by atoms with Crippen LogP contribution in [0.5, 0.6) is 11.5 Å². The quantitative estimate of drug-likeness (QED) is 0.100. The summed E-state index contributed by atoms with van der Waals surface area (Å²) in [6.07, 6.45) is 1.24. The van der Waals surface area contributed by atoms with Crippen LogP contribution in [-0.4, -0.2) is 58.3 Å². The summed E-state index contributed by atoms with van der Waals surface area (Å²) in [5.74, 6) is 0.419. The minimum absolute atomic E-state index is 0.0772. The summed E-state index contributed by atoms with van der Waals surface area (Å²) in [5, 5.41) is 4.36. The van der Waals surface area contributed by atoms with Gasteiger partial charge in [0, 0.05) is 24.2 Å². The monoisotopic (exact) mass is 750 g/mol. The molecule has 0 saturated carbocycles. The van der Waals surface area contributed by atoms with E-state index in [-0.39, 0.29) is 40.9 Å². The van der Waals surface area contributed by atoms with Gasteiger partial charge in [0.05, 0.1) is 43.3 Å². The molecule has 0 spiro atoms. The number of benzene rings is 4. The summed E-state index contributed by atoms with van der Waals surface area (Å²) in [6, 6.07) is 31.3. The number of methoxy groups -OCH3 is 2. The van der Waals surface area contributed by atoms with Gasteiger partial charge in [0.15, 0.2) is 11.5 Å². The van der Waals surface area contributed by atoms with E-state index in [2.05, 4.69) is 10.5 Å². The molecule has 266 valence electrons. The van der Waals surface area contributed by atoms with Crippen molar-refractivity contribution in [1.82, 2.24) is 14.0 Å². The summed E-state index contributed by atoms with van der Waals surface area (Å²) in [7, 11) is -5.30. The summed E-state index contributed by atoms with van der Waals surface area (Å²) in [4.78, 5) is 13.0. The number of ether oxygens (including phenoxy) is 2. The SMILES string of the molecule is COc1ccc(S(=O)(=O)N(CC(=O)N/N=C\c2ccc(CN(Cc3ccccc3)S(=O)(=O)c3ccc(Cl)cc3)o2)Cc2ccccc2)cc1OC. The van der Waals surface area contributed by atoms with Crippen molar-refractivity contribution in [2.24, 2.45) is 5.10 Å². The lowest BCUT2D eigenvalue weighted by molar-refractivity contribution is -0.121. The molecular weight excluding hydrogens is 716 g/mol. The Balaban J connectivity index is 1.29. The second-order valence-corrected chi connectivity index (χ2v) is 15.4. The molecule has 0 unspecified atom stereocenters. The molecule has 1 N–H and O–H groups in total. The Labute approximate surface area is 302 Å². The van der Waals surface area contributed by atoms with Gasteiger partial charge in [-0.1, -0.05) is 72.3 Å². The van der Waals surface area contributed by atoms with Gasteiger partial charge in [0.2, 0.25) is 20.0 Å². The molecule has 12 nitrogen and oxygen atoms in total. The number of sulfonamides is 2. The highest BCUT2D eigenvalue weighted by Gasteiger charge is 2.29. The molecule has 1 aromatic heterocycles. The molecule has 0 saturated heterocycles. The zero-order valence-electron chi connectivity index (χ0n) is 27.7. The molecule has 15 heteroatoms. The number of nitrogens with zero attached hydrogens (tertiary/aromatic N) is 3. The average molecular weight is 751 g/mol. The maximum absolute atomic E-state index is 13.8. The first-order valence-corrected chi connectivity index (χ1v) is 18.7. The molecule has 0 aliphatic rings. The fraction of sp³-hybridized carbons (Fsp3) is 0.167. The molecular formula is C36H35ClN4O8S2. The first kappa shape index (κ1) is 37.3. The van der Waals surface area contributed by atoms with Crippen LogP contribution in [0.15, 0.2) is 135 Å². The molecule has 0 radical (unpaired) electrons. The molecule has 0 aliphatic carbocycles. The Kier molecular flexibility index (Phi) is 12.3. The van der Waals surface area contributed by atoms with Crippen molar-refractivity contribution in [1.29, 1.82) is 0 Å². The van der Waals surface area contributed by atoms with E-state index in [1.165, 1.54) is 67.2 Å². The summed E-state index contributed by atoms with van der Waals surface area (Å²) in [5.41, 5.74) is 3.79. The minimum atomic E-state index is -4.19. The third kappa shape index (κ3) is 9.62. The molecule has 4 aromatic carbocycles. The largest absolute Gasteiger partial charge is 0.493 e. The fourth-order valence-electron chi connectivity index (χ4n) is 4.99. The van der Waals surface area contributed by atoms with Gasteiger partial charge in [-0.15, -0.1) is 0 Å². The topological polar surface area (TPSA) is 148 Å². The number of hydrogen-bond acceptors (Lipinski definition) is 9. The van der Waals surface area contributed by atoms with Crippen LogP contribution in [-0.2, 0) is 44.5 Å². The van der Waals surface area contributed by atoms with Crippen molar-refractivity contribution >= 4 is 43.8 Å². The predicted octanol–water partition coefficient (Wildman–Crippen LogP) is 5.68. The summed E-state index contributed by atoms with van der Waals surface area (Å²) in [6.45, 7) is -0.655. The lowest BCUT2D eigenvalue weighted by Crippen LogP contribution is -2.39. The Morgan fingerprint density at radius 3 is 1.90 bits per heavy atom. The number of furan rings is 1. The van der Waals surface area contributed by atoms with Gasteiger partial charge in [-0.25, -0.2) is 22.3 Å². The first-order valence-electron chi connectivity index (χ1n) is 15.5. The Morgan fingerprint density at radius 1 is 0.725 bits per heavy atom. The highest BCUT2D eigenvalue weighted by molar-refractivity contribution is 7.89. The maximum Gasteiger partial charge on any atom is 0.255 e. The Hall–Kier alpha value is -4.99. The smallest absolute Gasteiger partial charge is 0.255 e. The van der Waals surface area contributed by atoms with Crippen molar-refractivity contribution in [3.05, 3.63) is 143 Å². The van der Waals surface area contributed by atoms with Crippen LogP contribution in [0.25, 0.3) is 0 Å². The maximum atomic E-state index is 13.8. The number of hydrazone groups is 1. The molecule has 5 aromatic rings. The third-order valence-corrected chi connectivity index (χ3v) is 11.4. The van der Waals surface area contributed by atoms with E-state index in [0.29, 0.717) is 22.1 Å². The number of rotatable bonds is 16. The predicted molar refractivity (Wildman–Crippen MR) is 192 cm³/mol. The van der Waals surface area contributed by atoms with Crippen molar-refractivity contribution in [3.8, 4) is 11.5 Å². The van der Waals surface area contributed by atoms with Crippen LogP contribution < -0.4 is 14.9 Å². The zero-order chi connectivity index (χ0) is 36.4. The molecule has 1 amide bonds. The van der Waals surface area contributed by atoms with E-state index in [0.717, 1.165) is 9.87 Å². The Morgan fingerprint density at radius 2 is 1.29 bits per heavy atom. The van der Waals surface area contributed by atoms with Crippen LogP contribution in [0.2, 0.25) is 5.02 Å². The van der Waals surface area contributed by atoms with Gasteiger partial charge in [-0.2, -0.15) is 13.7 Å². The molecule has 5 rings (SSSR count). The molecule has 0 fully saturated rings. The fourth-order valence-corrected chi connectivity index (χ4v) is 7.91. The zero-order valence-corrected chi connectivity index (χ0v) is 30.1. The van der Waals surface area contributed by atoms with E-state index in [4.69, 9.17) is 25.5 Å². The number of hydrogen-bond donors (Lipinski definition) is 1. The van der Waals surface area contributed by atoms with Crippen molar-refractivity contribution in [2.45, 2.75) is 29.4 Å². The van der Waals surface area contributed by atoms with Crippen molar-refractivity contribution in [2.75, 3.05) is 20.8 Å². The van der Waals surface area contributed by atoms with Crippen LogP contribution in [0.1, 0.15) is 22.6 Å². The number of nitrogens with one attached hydrogen (secondary N) is 1. The van der Waals surface area contributed by atoms with E-state index in [9.17, 15) is 21.6 Å². The van der Waals surface area contributed by atoms with E-state index < -0.39 is 32.5 Å².